The van der Waals surface area contributed by atoms with Gasteiger partial charge in [-0.3, -0.25) is 0 Å². The van der Waals surface area contributed by atoms with Crippen molar-refractivity contribution in [2.75, 3.05) is 6.54 Å². The molecule has 0 aromatic heterocycles. The first kappa shape index (κ1) is 8.08. The number of aromatic hydroxyl groups is 1. The first-order chi connectivity index (χ1) is 5.77. The Kier molecular flexibility index (Phi) is 2.07. The molecule has 0 saturated heterocycles. The molecular formula is C9H10BrNO. The molecule has 12 heavy (non-hydrogen) atoms. The third kappa shape index (κ3) is 1.34. The monoisotopic (exact) mass is 227 g/mol. The van der Waals surface area contributed by atoms with Crippen LogP contribution in [0.1, 0.15) is 11.1 Å². The van der Waals surface area contributed by atoms with Crippen LogP contribution in [0.3, 0.4) is 0 Å². The lowest BCUT2D eigenvalue weighted by molar-refractivity contribution is 0.428. The number of phenols is 1. The average molecular weight is 228 g/mol. The second-order valence-corrected chi connectivity index (χ2v) is 4.01. The lowest BCUT2D eigenvalue weighted by Gasteiger charge is -2.23. The van der Waals surface area contributed by atoms with Gasteiger partial charge in [0.15, 0.2) is 0 Å². The van der Waals surface area contributed by atoms with Crippen LogP contribution in [0.4, 0.5) is 0 Å². The maximum atomic E-state index is 9.51. The molecule has 0 bridgehead atoms. The van der Waals surface area contributed by atoms with Crippen molar-refractivity contribution >= 4 is 16.1 Å². The van der Waals surface area contributed by atoms with Gasteiger partial charge in [0.2, 0.25) is 0 Å². The normalized spacial score (nSPS) is 17.4. The Bertz CT molecular complexity index is 301. The van der Waals surface area contributed by atoms with Gasteiger partial charge in [0.1, 0.15) is 5.75 Å². The van der Waals surface area contributed by atoms with Crippen LogP contribution < -0.4 is 0 Å². The molecule has 0 amide bonds. The largest absolute Gasteiger partial charge is 0.508 e. The Balaban J connectivity index is 2.42. The summed E-state index contributed by atoms with van der Waals surface area (Å²) in [5.74, 6) is 0.438. The van der Waals surface area contributed by atoms with Crippen molar-refractivity contribution < 1.29 is 5.11 Å². The molecule has 1 N–H and O–H groups in total. The molecule has 1 aliphatic heterocycles. The zero-order valence-electron chi connectivity index (χ0n) is 6.63. The van der Waals surface area contributed by atoms with E-state index in [2.05, 4.69) is 26.1 Å². The summed E-state index contributed by atoms with van der Waals surface area (Å²) in [6.07, 6.45) is 0.924. The number of hydrogen-bond donors (Lipinski definition) is 1. The van der Waals surface area contributed by atoms with E-state index in [4.69, 9.17) is 0 Å². The number of phenolic OH excluding ortho intramolecular Hbond substituents is 1. The number of hydrogen-bond acceptors (Lipinski definition) is 2. The van der Waals surface area contributed by atoms with Crippen LogP contribution in [-0.4, -0.2) is 15.6 Å². The predicted octanol–water partition coefficient (Wildman–Crippen LogP) is 2.06. The number of halogens is 1. The molecular weight excluding hydrogens is 218 g/mol. The fourth-order valence-corrected chi connectivity index (χ4v) is 2.00. The smallest absolute Gasteiger partial charge is 0.119 e. The minimum absolute atomic E-state index is 0.438. The van der Waals surface area contributed by atoms with Crippen LogP contribution in [0.5, 0.6) is 5.75 Å². The number of rotatable bonds is 0. The van der Waals surface area contributed by atoms with E-state index in [9.17, 15) is 5.11 Å². The summed E-state index contributed by atoms with van der Waals surface area (Å²) in [6, 6.07) is 5.70. The molecule has 3 heteroatoms. The van der Waals surface area contributed by atoms with Crippen molar-refractivity contribution in [3.8, 4) is 5.75 Å². The Morgan fingerprint density at radius 2 is 2.25 bits per heavy atom. The molecule has 0 saturated carbocycles. The van der Waals surface area contributed by atoms with Gasteiger partial charge >= 0.3 is 0 Å². The summed E-state index contributed by atoms with van der Waals surface area (Å²) < 4.78 is 2.08. The molecule has 0 aliphatic carbocycles. The minimum Gasteiger partial charge on any atom is -0.508 e. The Morgan fingerprint density at radius 1 is 1.42 bits per heavy atom. The molecule has 1 aromatic carbocycles. The van der Waals surface area contributed by atoms with Gasteiger partial charge in [0.25, 0.3) is 0 Å². The molecule has 0 atom stereocenters. The Labute approximate surface area is 80.2 Å². The second-order valence-electron chi connectivity index (χ2n) is 3.01. The van der Waals surface area contributed by atoms with Gasteiger partial charge in [-0.25, -0.2) is 3.93 Å². The summed E-state index contributed by atoms with van der Waals surface area (Å²) in [7, 11) is 0. The molecule has 64 valence electrons. The quantitative estimate of drug-likeness (QED) is 0.687. The highest BCUT2D eigenvalue weighted by Crippen LogP contribution is 2.27. The van der Waals surface area contributed by atoms with Crippen molar-refractivity contribution in [2.45, 2.75) is 13.0 Å². The summed E-state index contributed by atoms with van der Waals surface area (Å²) in [5, 5.41) is 9.51. The van der Waals surface area contributed by atoms with Crippen molar-refractivity contribution in [3.05, 3.63) is 29.3 Å². The predicted molar refractivity (Wildman–Crippen MR) is 51.1 cm³/mol. The van der Waals surface area contributed by atoms with E-state index in [0.29, 0.717) is 5.75 Å². The first-order valence-electron chi connectivity index (χ1n) is 3.98. The second kappa shape index (κ2) is 3.07. The fraction of sp³-hybridized carbons (Fsp3) is 0.333. The van der Waals surface area contributed by atoms with Crippen LogP contribution in [0, 0.1) is 0 Å². The standard InChI is InChI=1S/C9H10BrNO/c10-11-5-4-8-7(6-11)2-1-3-9(8)12/h1-3,12H,4-6H2. The minimum atomic E-state index is 0.438. The van der Waals surface area contributed by atoms with Gasteiger partial charge in [-0.2, -0.15) is 0 Å². The number of fused-ring (bicyclic) bond motifs is 1. The molecule has 2 rings (SSSR count). The maximum absolute atomic E-state index is 9.51. The molecule has 1 aromatic rings. The van der Waals surface area contributed by atoms with Crippen molar-refractivity contribution in [1.29, 1.82) is 0 Å². The zero-order valence-corrected chi connectivity index (χ0v) is 8.21. The zero-order chi connectivity index (χ0) is 8.55. The van der Waals surface area contributed by atoms with Gasteiger partial charge in [-0.1, -0.05) is 12.1 Å². The third-order valence-electron chi connectivity index (χ3n) is 2.19. The van der Waals surface area contributed by atoms with Crippen LogP contribution in [0.15, 0.2) is 18.2 Å². The Morgan fingerprint density at radius 3 is 3.08 bits per heavy atom. The van der Waals surface area contributed by atoms with Gasteiger partial charge in [0, 0.05) is 29.2 Å². The topological polar surface area (TPSA) is 23.5 Å². The van der Waals surface area contributed by atoms with E-state index >= 15 is 0 Å². The van der Waals surface area contributed by atoms with Gasteiger partial charge in [-0.15, -0.1) is 0 Å². The van der Waals surface area contributed by atoms with E-state index in [1.54, 1.807) is 6.07 Å². The number of nitrogens with zero attached hydrogens (tertiary/aromatic N) is 1. The van der Waals surface area contributed by atoms with Crippen molar-refractivity contribution in [3.63, 3.8) is 0 Å². The average Bonchev–Trinajstić information content (AvgIpc) is 2.04. The SMILES string of the molecule is Oc1cccc2c1CCN(Br)C2. The van der Waals surface area contributed by atoms with E-state index < -0.39 is 0 Å². The van der Waals surface area contributed by atoms with Crippen LogP contribution in [0.25, 0.3) is 0 Å². The van der Waals surface area contributed by atoms with Crippen molar-refractivity contribution in [1.82, 2.24) is 3.93 Å². The molecule has 1 heterocycles. The summed E-state index contributed by atoms with van der Waals surface area (Å²) >= 11 is 3.43. The summed E-state index contributed by atoms with van der Waals surface area (Å²) in [6.45, 7) is 1.84. The van der Waals surface area contributed by atoms with E-state index in [0.717, 1.165) is 25.1 Å². The lowest BCUT2D eigenvalue weighted by Crippen LogP contribution is -2.21. The molecule has 2 nitrogen and oxygen atoms in total. The fourth-order valence-electron chi connectivity index (χ4n) is 1.55. The van der Waals surface area contributed by atoms with E-state index in [-0.39, 0.29) is 0 Å². The molecule has 0 unspecified atom stereocenters. The van der Waals surface area contributed by atoms with Crippen molar-refractivity contribution in [2.24, 2.45) is 0 Å². The third-order valence-corrected chi connectivity index (χ3v) is 2.80. The van der Waals surface area contributed by atoms with Crippen LogP contribution in [0.2, 0.25) is 0 Å². The highest BCUT2D eigenvalue weighted by atomic mass is 79.9. The van der Waals surface area contributed by atoms with Gasteiger partial charge in [0.05, 0.1) is 0 Å². The maximum Gasteiger partial charge on any atom is 0.119 e. The van der Waals surface area contributed by atoms with Gasteiger partial charge < -0.3 is 5.11 Å². The van der Waals surface area contributed by atoms with Gasteiger partial charge in [-0.05, 0) is 23.6 Å². The summed E-state index contributed by atoms with van der Waals surface area (Å²) in [4.78, 5) is 0. The highest BCUT2D eigenvalue weighted by Gasteiger charge is 2.16. The van der Waals surface area contributed by atoms with Crippen LogP contribution >= 0.6 is 16.1 Å². The molecule has 0 spiro atoms. The molecule has 0 radical (unpaired) electrons. The molecule has 1 aliphatic rings. The van der Waals surface area contributed by atoms with E-state index in [1.807, 2.05) is 6.07 Å². The molecule has 0 fully saturated rings. The lowest BCUT2D eigenvalue weighted by atomic mass is 10.0. The van der Waals surface area contributed by atoms with Crippen LogP contribution in [-0.2, 0) is 13.0 Å². The Hall–Kier alpha value is -0.540. The number of benzene rings is 1. The highest BCUT2D eigenvalue weighted by molar-refractivity contribution is 9.07. The summed E-state index contributed by atoms with van der Waals surface area (Å²) in [5.41, 5.74) is 2.33. The first-order valence-corrected chi connectivity index (χ1v) is 4.69. The van der Waals surface area contributed by atoms with E-state index in [1.165, 1.54) is 5.56 Å².